The Morgan fingerprint density at radius 3 is 1.17 bits per heavy atom. The normalized spacial score (nSPS) is 11.8. The van der Waals surface area contributed by atoms with E-state index in [-0.39, 0.29) is 11.8 Å². The molecule has 6 nitrogen and oxygen atoms in total. The van der Waals surface area contributed by atoms with E-state index < -0.39 is 0 Å². The second-order valence-corrected chi connectivity index (χ2v) is 8.75. The fraction of sp³-hybridized carbons (Fsp3) is 0.267. The van der Waals surface area contributed by atoms with Crippen molar-refractivity contribution in [1.29, 1.82) is 0 Å². The minimum Gasteiger partial charge on any atom is -0.267 e. The van der Waals surface area contributed by atoms with Crippen LogP contribution in [-0.2, 0) is 12.8 Å². The van der Waals surface area contributed by atoms with Crippen LogP contribution in [0.1, 0.15) is 83.5 Å². The lowest BCUT2D eigenvalue weighted by Gasteiger charge is -2.06. The van der Waals surface area contributed by atoms with Gasteiger partial charge in [0.25, 0.3) is 11.8 Å². The minimum absolute atomic E-state index is 0.343. The van der Waals surface area contributed by atoms with E-state index >= 15 is 0 Å². The fourth-order valence-electron chi connectivity index (χ4n) is 3.70. The second-order valence-electron chi connectivity index (χ2n) is 8.75. The van der Waals surface area contributed by atoms with E-state index in [1.165, 1.54) is 11.1 Å². The third-order valence-corrected chi connectivity index (χ3v) is 5.88. The van der Waals surface area contributed by atoms with Crippen molar-refractivity contribution in [2.45, 2.75) is 53.4 Å². The number of carbonyl (C=O) groups excluding carboxylic acids is 2. The first-order valence-corrected chi connectivity index (χ1v) is 12.4. The molecule has 0 saturated carbocycles. The molecular weight excluding hydrogens is 448 g/mol. The third kappa shape index (κ3) is 7.47. The molecule has 0 aliphatic heterocycles. The number of hydrogen-bond acceptors (Lipinski definition) is 4. The van der Waals surface area contributed by atoms with Gasteiger partial charge in [0.05, 0.1) is 11.4 Å². The Labute approximate surface area is 213 Å². The van der Waals surface area contributed by atoms with Crippen LogP contribution in [0, 0.1) is 0 Å². The van der Waals surface area contributed by atoms with Gasteiger partial charge in [0.1, 0.15) is 0 Å². The molecule has 0 radical (unpaired) electrons. The van der Waals surface area contributed by atoms with Crippen LogP contribution in [0.25, 0.3) is 0 Å². The van der Waals surface area contributed by atoms with Gasteiger partial charge in [-0.15, -0.1) is 0 Å². The first kappa shape index (κ1) is 26.5. The number of nitrogens with zero attached hydrogens (tertiary/aromatic N) is 2. The van der Waals surface area contributed by atoms with Crippen molar-refractivity contribution in [3.8, 4) is 0 Å². The zero-order valence-corrected chi connectivity index (χ0v) is 21.5. The van der Waals surface area contributed by atoms with Crippen molar-refractivity contribution in [3.63, 3.8) is 0 Å². The van der Waals surface area contributed by atoms with Crippen LogP contribution in [0.3, 0.4) is 0 Å². The molecule has 3 aromatic rings. The number of nitrogens with one attached hydrogen (secondary N) is 2. The summed E-state index contributed by atoms with van der Waals surface area (Å²) in [5, 5.41) is 8.43. The van der Waals surface area contributed by atoms with Gasteiger partial charge >= 0.3 is 0 Å². The molecule has 3 rings (SSSR count). The van der Waals surface area contributed by atoms with Gasteiger partial charge in [-0.1, -0.05) is 75.2 Å². The number of hydrogen-bond donors (Lipinski definition) is 2. The van der Waals surface area contributed by atoms with Gasteiger partial charge in [-0.2, -0.15) is 10.2 Å². The molecule has 0 saturated heterocycles. The van der Waals surface area contributed by atoms with E-state index in [1.54, 1.807) is 24.3 Å². The number of amides is 2. The molecule has 2 N–H and O–H groups in total. The summed E-state index contributed by atoms with van der Waals surface area (Å²) in [6, 6.07) is 22.7. The Bertz CT molecular complexity index is 1130. The SMILES string of the molecule is CCCc1ccc(C(C)=NNC(=O)c2ccc(C(=O)NN=C(C)c3ccc(CCC)cc3)cc2)cc1. The average Bonchev–Trinajstić information content (AvgIpc) is 2.91. The largest absolute Gasteiger partial charge is 0.271 e. The van der Waals surface area contributed by atoms with E-state index in [0.29, 0.717) is 11.1 Å². The highest BCUT2D eigenvalue weighted by molar-refractivity contribution is 6.02. The maximum absolute atomic E-state index is 12.5. The van der Waals surface area contributed by atoms with E-state index in [4.69, 9.17) is 0 Å². The molecule has 0 heterocycles. The van der Waals surface area contributed by atoms with Crippen LogP contribution in [0.4, 0.5) is 0 Å². The van der Waals surface area contributed by atoms with Crippen molar-refractivity contribution in [2.75, 3.05) is 0 Å². The monoisotopic (exact) mass is 482 g/mol. The van der Waals surface area contributed by atoms with Crippen LogP contribution in [-0.4, -0.2) is 23.2 Å². The Morgan fingerprint density at radius 2 is 0.861 bits per heavy atom. The van der Waals surface area contributed by atoms with Crippen LogP contribution < -0.4 is 10.9 Å². The number of hydrazone groups is 2. The van der Waals surface area contributed by atoms with Crippen molar-refractivity contribution in [1.82, 2.24) is 10.9 Å². The molecule has 0 fully saturated rings. The van der Waals surface area contributed by atoms with Crippen molar-refractivity contribution >= 4 is 23.2 Å². The summed E-state index contributed by atoms with van der Waals surface area (Å²) in [6.07, 6.45) is 4.28. The molecule has 0 unspecified atom stereocenters. The maximum Gasteiger partial charge on any atom is 0.271 e. The van der Waals surface area contributed by atoms with E-state index in [9.17, 15) is 9.59 Å². The molecule has 0 bridgehead atoms. The quantitative estimate of drug-likeness (QED) is 0.279. The number of aryl methyl sites for hydroxylation is 2. The first-order chi connectivity index (χ1) is 17.4. The molecule has 0 atom stereocenters. The Morgan fingerprint density at radius 1 is 0.556 bits per heavy atom. The van der Waals surface area contributed by atoms with Crippen molar-refractivity contribution in [2.24, 2.45) is 10.2 Å². The van der Waals surface area contributed by atoms with E-state index in [1.807, 2.05) is 38.1 Å². The van der Waals surface area contributed by atoms with Crippen LogP contribution in [0.2, 0.25) is 0 Å². The average molecular weight is 483 g/mol. The van der Waals surface area contributed by atoms with Gasteiger partial charge in [0.2, 0.25) is 0 Å². The third-order valence-electron chi connectivity index (χ3n) is 5.88. The lowest BCUT2D eigenvalue weighted by Crippen LogP contribution is -2.21. The van der Waals surface area contributed by atoms with Gasteiger partial charge in [-0.3, -0.25) is 9.59 Å². The predicted molar refractivity (Wildman–Crippen MR) is 147 cm³/mol. The van der Waals surface area contributed by atoms with Gasteiger partial charge in [-0.25, -0.2) is 10.9 Å². The molecule has 2 amide bonds. The summed E-state index contributed by atoms with van der Waals surface area (Å²) in [4.78, 5) is 25.0. The molecule has 0 aliphatic carbocycles. The summed E-state index contributed by atoms with van der Waals surface area (Å²) >= 11 is 0. The summed E-state index contributed by atoms with van der Waals surface area (Å²) in [5.74, 6) is -0.686. The van der Waals surface area contributed by atoms with Crippen LogP contribution in [0.15, 0.2) is 83.0 Å². The highest BCUT2D eigenvalue weighted by Crippen LogP contribution is 2.10. The lowest BCUT2D eigenvalue weighted by molar-refractivity contribution is 0.0943. The standard InChI is InChI=1S/C30H34N4O2/c1-5-7-23-9-13-25(14-10-23)21(3)31-33-29(35)27-17-19-28(20-18-27)30(36)34-32-22(4)26-15-11-24(8-6-2)12-16-26/h9-20H,5-8H2,1-4H3,(H,33,35)(H,34,36). The zero-order valence-electron chi connectivity index (χ0n) is 21.5. The fourth-order valence-corrected chi connectivity index (χ4v) is 3.70. The molecular formula is C30H34N4O2. The molecule has 0 spiro atoms. The summed E-state index contributed by atoms with van der Waals surface area (Å²) in [6.45, 7) is 8.01. The Hall–Kier alpha value is -4.06. The molecule has 0 aliphatic rings. The Balaban J connectivity index is 1.56. The highest BCUT2D eigenvalue weighted by Gasteiger charge is 2.09. The minimum atomic E-state index is -0.343. The number of carbonyl (C=O) groups is 2. The molecule has 186 valence electrons. The molecule has 36 heavy (non-hydrogen) atoms. The topological polar surface area (TPSA) is 82.9 Å². The second kappa shape index (κ2) is 13.1. The van der Waals surface area contributed by atoms with Gasteiger partial charge in [0, 0.05) is 11.1 Å². The molecule has 3 aromatic carbocycles. The Kier molecular flexibility index (Phi) is 9.69. The summed E-state index contributed by atoms with van der Waals surface area (Å²) in [7, 11) is 0. The number of rotatable bonds is 10. The van der Waals surface area contributed by atoms with E-state index in [0.717, 1.165) is 48.2 Å². The van der Waals surface area contributed by atoms with Crippen LogP contribution in [0.5, 0.6) is 0 Å². The molecule has 6 heteroatoms. The van der Waals surface area contributed by atoms with Gasteiger partial charge in [0.15, 0.2) is 0 Å². The summed E-state index contributed by atoms with van der Waals surface area (Å²) in [5.41, 5.74) is 11.9. The van der Waals surface area contributed by atoms with Crippen molar-refractivity contribution < 1.29 is 9.59 Å². The smallest absolute Gasteiger partial charge is 0.267 e. The predicted octanol–water partition coefficient (Wildman–Crippen LogP) is 5.90. The van der Waals surface area contributed by atoms with Gasteiger partial charge in [-0.05, 0) is 73.2 Å². The maximum atomic E-state index is 12.5. The highest BCUT2D eigenvalue weighted by atomic mass is 16.2. The van der Waals surface area contributed by atoms with E-state index in [2.05, 4.69) is 59.2 Å². The zero-order chi connectivity index (χ0) is 25.9. The first-order valence-electron chi connectivity index (χ1n) is 12.4. The lowest BCUT2D eigenvalue weighted by atomic mass is 10.1. The molecule has 0 aromatic heterocycles. The summed E-state index contributed by atoms with van der Waals surface area (Å²) < 4.78 is 0. The van der Waals surface area contributed by atoms with Crippen molar-refractivity contribution in [3.05, 3.63) is 106 Å². The number of benzene rings is 3. The van der Waals surface area contributed by atoms with Gasteiger partial charge < -0.3 is 0 Å². The van der Waals surface area contributed by atoms with Crippen LogP contribution >= 0.6 is 0 Å².